The van der Waals surface area contributed by atoms with Gasteiger partial charge in [0.25, 0.3) is 11.8 Å². The van der Waals surface area contributed by atoms with Crippen molar-refractivity contribution in [3.63, 3.8) is 0 Å². The van der Waals surface area contributed by atoms with Gasteiger partial charge in [-0.2, -0.15) is 5.10 Å². The molecule has 0 aliphatic rings. The molecule has 0 spiro atoms. The quantitative estimate of drug-likeness (QED) is 0.162. The first-order valence-electron chi connectivity index (χ1n) is 9.24. The van der Waals surface area contributed by atoms with Crippen LogP contribution in [-0.2, 0) is 9.59 Å². The molecule has 1 aromatic carbocycles. The summed E-state index contributed by atoms with van der Waals surface area (Å²) < 4.78 is 11.2. The number of ether oxygens (including phenoxy) is 1. The summed E-state index contributed by atoms with van der Waals surface area (Å²) in [4.78, 5) is 39.8. The van der Waals surface area contributed by atoms with Gasteiger partial charge in [0.1, 0.15) is 11.5 Å². The molecule has 0 fully saturated rings. The first-order valence-corrected chi connectivity index (χ1v) is 10.0. The standard InChI is InChI=1S/C22H17BrN4O5/c23-17-3-5-19(32-21(29)6-4-18-2-1-11-31-18)16(12-17)13-26-27-20(28)14-25-22(30)15-7-9-24-10-8-15/h1-13H,14H2,(H,25,30)(H,27,28)/b6-4+,26-13-. The molecule has 0 aliphatic heterocycles. The number of halogens is 1. The highest BCUT2D eigenvalue weighted by molar-refractivity contribution is 9.10. The van der Waals surface area contributed by atoms with Crippen LogP contribution in [-0.4, -0.2) is 35.5 Å². The summed E-state index contributed by atoms with van der Waals surface area (Å²) in [6.45, 7) is -0.267. The SMILES string of the molecule is O=C(CNC(=O)c1ccncc1)N/N=C\c1cc(Br)ccc1OC(=O)/C=C/c1ccco1. The maximum Gasteiger partial charge on any atom is 0.336 e. The molecule has 2 amide bonds. The van der Waals surface area contributed by atoms with E-state index in [1.165, 1.54) is 49.2 Å². The summed E-state index contributed by atoms with van der Waals surface area (Å²) >= 11 is 3.34. The van der Waals surface area contributed by atoms with Crippen LogP contribution in [0.4, 0.5) is 0 Å². The van der Waals surface area contributed by atoms with Gasteiger partial charge >= 0.3 is 5.97 Å². The molecule has 3 rings (SSSR count). The van der Waals surface area contributed by atoms with E-state index in [0.29, 0.717) is 16.9 Å². The number of carbonyl (C=O) groups is 3. The van der Waals surface area contributed by atoms with Crippen LogP contribution in [0.25, 0.3) is 6.08 Å². The topological polar surface area (TPSA) is 123 Å². The molecular weight excluding hydrogens is 480 g/mol. The Hall–Kier alpha value is -4.05. The predicted octanol–water partition coefficient (Wildman–Crippen LogP) is 2.94. The lowest BCUT2D eigenvalue weighted by Gasteiger charge is -2.06. The fourth-order valence-electron chi connectivity index (χ4n) is 2.37. The van der Waals surface area contributed by atoms with Gasteiger partial charge in [-0.05, 0) is 48.5 Å². The van der Waals surface area contributed by atoms with E-state index in [-0.39, 0.29) is 12.3 Å². The van der Waals surface area contributed by atoms with Crippen molar-refractivity contribution in [2.75, 3.05) is 6.54 Å². The number of esters is 1. The molecule has 3 aromatic rings. The van der Waals surface area contributed by atoms with Crippen molar-refractivity contribution in [2.45, 2.75) is 0 Å². The van der Waals surface area contributed by atoms with Crippen LogP contribution in [0.15, 0.2) is 81.2 Å². The molecule has 0 saturated carbocycles. The maximum absolute atomic E-state index is 12.1. The summed E-state index contributed by atoms with van der Waals surface area (Å²) in [5.41, 5.74) is 3.13. The maximum atomic E-state index is 12.1. The van der Waals surface area contributed by atoms with Gasteiger partial charge < -0.3 is 14.5 Å². The van der Waals surface area contributed by atoms with Crippen LogP contribution in [0.5, 0.6) is 5.75 Å². The van der Waals surface area contributed by atoms with Crippen molar-refractivity contribution in [1.82, 2.24) is 15.7 Å². The number of aromatic nitrogens is 1. The minimum Gasteiger partial charge on any atom is -0.465 e. The van der Waals surface area contributed by atoms with Gasteiger partial charge in [-0.25, -0.2) is 10.2 Å². The average molecular weight is 497 g/mol. The Bertz CT molecular complexity index is 1140. The fourth-order valence-corrected chi connectivity index (χ4v) is 2.75. The van der Waals surface area contributed by atoms with Gasteiger partial charge in [-0.1, -0.05) is 15.9 Å². The Morgan fingerprint density at radius 2 is 1.97 bits per heavy atom. The van der Waals surface area contributed by atoms with Crippen molar-refractivity contribution in [3.05, 3.63) is 88.6 Å². The normalized spacial score (nSPS) is 10.9. The first kappa shape index (κ1) is 22.6. The molecule has 0 radical (unpaired) electrons. The van der Waals surface area contributed by atoms with Gasteiger partial charge in [0.2, 0.25) is 0 Å². The number of amides is 2. The van der Waals surface area contributed by atoms with Crippen molar-refractivity contribution in [2.24, 2.45) is 5.10 Å². The van der Waals surface area contributed by atoms with Crippen molar-refractivity contribution in [1.29, 1.82) is 0 Å². The van der Waals surface area contributed by atoms with E-state index in [0.717, 1.165) is 4.47 Å². The molecule has 10 heteroatoms. The van der Waals surface area contributed by atoms with E-state index in [2.05, 4.69) is 36.8 Å². The van der Waals surface area contributed by atoms with Crippen LogP contribution in [0.3, 0.4) is 0 Å². The summed E-state index contributed by atoms with van der Waals surface area (Å²) in [5, 5.41) is 6.33. The highest BCUT2D eigenvalue weighted by Gasteiger charge is 2.09. The second-order valence-corrected chi connectivity index (χ2v) is 7.08. The average Bonchev–Trinajstić information content (AvgIpc) is 3.32. The number of hydrogen-bond donors (Lipinski definition) is 2. The third-order valence-electron chi connectivity index (χ3n) is 3.85. The molecule has 0 aliphatic carbocycles. The van der Waals surface area contributed by atoms with Crippen LogP contribution in [0.2, 0.25) is 0 Å². The largest absolute Gasteiger partial charge is 0.465 e. The highest BCUT2D eigenvalue weighted by atomic mass is 79.9. The summed E-state index contributed by atoms with van der Waals surface area (Å²) in [7, 11) is 0. The van der Waals surface area contributed by atoms with Crippen LogP contribution < -0.4 is 15.5 Å². The zero-order valence-electron chi connectivity index (χ0n) is 16.5. The second kappa shape index (κ2) is 11.4. The molecule has 2 N–H and O–H groups in total. The number of hydrazone groups is 1. The number of nitrogens with one attached hydrogen (secondary N) is 2. The van der Waals surface area contributed by atoms with Crippen molar-refractivity contribution >= 4 is 46.0 Å². The Morgan fingerprint density at radius 1 is 1.16 bits per heavy atom. The molecule has 2 heterocycles. The summed E-state index contributed by atoms with van der Waals surface area (Å²) in [6, 6.07) is 11.4. The molecular formula is C22H17BrN4O5. The lowest BCUT2D eigenvalue weighted by molar-refractivity contribution is -0.129. The van der Waals surface area contributed by atoms with Gasteiger partial charge in [-0.3, -0.25) is 14.6 Å². The third kappa shape index (κ3) is 7.03. The third-order valence-corrected chi connectivity index (χ3v) is 4.35. The van der Waals surface area contributed by atoms with Gasteiger partial charge in [-0.15, -0.1) is 0 Å². The van der Waals surface area contributed by atoms with E-state index >= 15 is 0 Å². The molecule has 0 atom stereocenters. The zero-order valence-corrected chi connectivity index (χ0v) is 18.1. The minimum atomic E-state index is -0.610. The number of rotatable bonds is 8. The minimum absolute atomic E-state index is 0.242. The number of hydrogen-bond acceptors (Lipinski definition) is 7. The lowest BCUT2D eigenvalue weighted by atomic mass is 10.2. The molecule has 0 bridgehead atoms. The molecule has 9 nitrogen and oxygen atoms in total. The number of benzene rings is 1. The van der Waals surface area contributed by atoms with Gasteiger partial charge in [0, 0.05) is 34.1 Å². The molecule has 2 aromatic heterocycles. The first-order chi connectivity index (χ1) is 15.5. The van der Waals surface area contributed by atoms with Gasteiger partial charge in [0.05, 0.1) is 19.0 Å². The van der Waals surface area contributed by atoms with Crippen molar-refractivity contribution in [3.8, 4) is 5.75 Å². The number of pyridine rings is 1. The van der Waals surface area contributed by atoms with Crippen LogP contribution >= 0.6 is 15.9 Å². The molecule has 0 unspecified atom stereocenters. The zero-order chi connectivity index (χ0) is 22.8. The van der Waals surface area contributed by atoms with E-state index in [1.54, 1.807) is 30.3 Å². The van der Waals surface area contributed by atoms with Crippen molar-refractivity contribution < 1.29 is 23.5 Å². The summed E-state index contributed by atoms with van der Waals surface area (Å²) in [6.07, 6.45) is 8.49. The molecule has 0 saturated heterocycles. The molecule has 32 heavy (non-hydrogen) atoms. The van der Waals surface area contributed by atoms with E-state index in [4.69, 9.17) is 9.15 Å². The Balaban J connectivity index is 1.55. The Morgan fingerprint density at radius 3 is 2.72 bits per heavy atom. The number of furan rings is 1. The number of nitrogens with zero attached hydrogens (tertiary/aromatic N) is 2. The van der Waals surface area contributed by atoms with E-state index in [1.807, 2.05) is 0 Å². The Labute approximate surface area is 191 Å². The van der Waals surface area contributed by atoms with E-state index < -0.39 is 17.8 Å². The Kier molecular flexibility index (Phi) is 8.04. The molecule has 162 valence electrons. The van der Waals surface area contributed by atoms with Crippen LogP contribution in [0, 0.1) is 0 Å². The lowest BCUT2D eigenvalue weighted by Crippen LogP contribution is -2.34. The highest BCUT2D eigenvalue weighted by Crippen LogP contribution is 2.22. The summed E-state index contributed by atoms with van der Waals surface area (Å²) in [5.74, 6) is -0.792. The van der Waals surface area contributed by atoms with E-state index in [9.17, 15) is 14.4 Å². The monoisotopic (exact) mass is 496 g/mol. The fraction of sp³-hybridized carbons (Fsp3) is 0.0455. The number of carbonyl (C=O) groups excluding carboxylic acids is 3. The second-order valence-electron chi connectivity index (χ2n) is 6.16. The predicted molar refractivity (Wildman–Crippen MR) is 120 cm³/mol. The van der Waals surface area contributed by atoms with Gasteiger partial charge in [0.15, 0.2) is 0 Å². The smallest absolute Gasteiger partial charge is 0.336 e. The van der Waals surface area contributed by atoms with Crippen LogP contribution in [0.1, 0.15) is 21.7 Å².